The molecule has 5 heteroatoms. The summed E-state index contributed by atoms with van der Waals surface area (Å²) in [6, 6.07) is 9.51. The van der Waals surface area contributed by atoms with Crippen LogP contribution in [0.25, 0.3) is 10.9 Å². The van der Waals surface area contributed by atoms with Crippen LogP contribution in [0.4, 0.5) is 0 Å². The Morgan fingerprint density at radius 1 is 1.35 bits per heavy atom. The van der Waals surface area contributed by atoms with Crippen molar-refractivity contribution in [1.29, 1.82) is 0 Å². The molecule has 5 nitrogen and oxygen atoms in total. The van der Waals surface area contributed by atoms with Crippen molar-refractivity contribution < 1.29 is 19.4 Å². The van der Waals surface area contributed by atoms with Crippen LogP contribution in [0.5, 0.6) is 5.75 Å². The second kappa shape index (κ2) is 5.46. The number of ether oxygens (including phenoxy) is 2. The average Bonchev–Trinajstić information content (AvgIpc) is 2.94. The lowest BCUT2D eigenvalue weighted by molar-refractivity contribution is -0.149. The van der Waals surface area contributed by atoms with Crippen molar-refractivity contribution >= 4 is 16.9 Å². The molecular weight excluding hydrogens is 258 g/mol. The van der Waals surface area contributed by atoms with Crippen LogP contribution in [-0.4, -0.2) is 34.9 Å². The SMILES string of the molecule is O=C(O)C1CCC(COc2cccc3ncccc23)O1. The number of carboxylic acids is 1. The second-order valence-electron chi connectivity index (χ2n) is 4.80. The van der Waals surface area contributed by atoms with Gasteiger partial charge in [-0.05, 0) is 37.1 Å². The van der Waals surface area contributed by atoms with Crippen LogP contribution in [0.3, 0.4) is 0 Å². The lowest BCUT2D eigenvalue weighted by Gasteiger charge is -2.14. The van der Waals surface area contributed by atoms with E-state index in [1.54, 1.807) is 6.20 Å². The zero-order chi connectivity index (χ0) is 13.9. The summed E-state index contributed by atoms with van der Waals surface area (Å²) in [6.07, 6.45) is 2.13. The van der Waals surface area contributed by atoms with Crippen LogP contribution in [0.15, 0.2) is 36.5 Å². The predicted octanol–water partition coefficient (Wildman–Crippen LogP) is 2.25. The number of pyridine rings is 1. The van der Waals surface area contributed by atoms with Gasteiger partial charge in [-0.2, -0.15) is 0 Å². The zero-order valence-corrected chi connectivity index (χ0v) is 10.9. The van der Waals surface area contributed by atoms with Gasteiger partial charge in [0, 0.05) is 11.6 Å². The number of hydrogen-bond donors (Lipinski definition) is 1. The highest BCUT2D eigenvalue weighted by Crippen LogP contribution is 2.26. The Morgan fingerprint density at radius 2 is 2.25 bits per heavy atom. The number of aromatic nitrogens is 1. The van der Waals surface area contributed by atoms with Crippen LogP contribution in [0, 0.1) is 0 Å². The van der Waals surface area contributed by atoms with E-state index in [4.69, 9.17) is 14.6 Å². The second-order valence-corrected chi connectivity index (χ2v) is 4.80. The van der Waals surface area contributed by atoms with E-state index in [0.717, 1.165) is 16.7 Å². The summed E-state index contributed by atoms with van der Waals surface area (Å²) in [5.41, 5.74) is 0.876. The van der Waals surface area contributed by atoms with Crippen LogP contribution in [0.1, 0.15) is 12.8 Å². The summed E-state index contributed by atoms with van der Waals surface area (Å²) < 4.78 is 11.2. The number of fused-ring (bicyclic) bond motifs is 1. The molecule has 3 rings (SSSR count). The number of carbonyl (C=O) groups is 1. The average molecular weight is 273 g/mol. The maximum absolute atomic E-state index is 10.8. The van der Waals surface area contributed by atoms with E-state index in [2.05, 4.69) is 4.98 Å². The quantitative estimate of drug-likeness (QED) is 0.925. The van der Waals surface area contributed by atoms with Gasteiger partial charge in [-0.1, -0.05) is 6.07 Å². The minimum absolute atomic E-state index is 0.164. The van der Waals surface area contributed by atoms with E-state index >= 15 is 0 Å². The predicted molar refractivity (Wildman–Crippen MR) is 72.8 cm³/mol. The summed E-state index contributed by atoms with van der Waals surface area (Å²) in [6.45, 7) is 0.359. The third-order valence-electron chi connectivity index (χ3n) is 3.41. The number of carboxylic acid groups (broad SMARTS) is 1. The molecule has 1 aliphatic heterocycles. The fourth-order valence-electron chi connectivity index (χ4n) is 2.39. The van der Waals surface area contributed by atoms with Crippen LogP contribution >= 0.6 is 0 Å². The first kappa shape index (κ1) is 12.9. The summed E-state index contributed by atoms with van der Waals surface area (Å²) in [5, 5.41) is 9.83. The van der Waals surface area contributed by atoms with Gasteiger partial charge in [0.05, 0.1) is 11.6 Å². The van der Waals surface area contributed by atoms with Gasteiger partial charge >= 0.3 is 5.97 Å². The van der Waals surface area contributed by atoms with Crippen molar-refractivity contribution in [2.24, 2.45) is 0 Å². The van der Waals surface area contributed by atoms with Gasteiger partial charge in [0.1, 0.15) is 12.4 Å². The molecule has 1 N–H and O–H groups in total. The Morgan fingerprint density at radius 3 is 3.05 bits per heavy atom. The van der Waals surface area contributed by atoms with Crippen molar-refractivity contribution in [2.75, 3.05) is 6.61 Å². The standard InChI is InChI=1S/C15H15NO4/c17-15(18)14-7-6-10(20-14)9-19-13-5-1-4-12-11(13)3-2-8-16-12/h1-5,8,10,14H,6-7,9H2,(H,17,18). The van der Waals surface area contributed by atoms with E-state index in [9.17, 15) is 4.79 Å². The van der Waals surface area contributed by atoms with Gasteiger partial charge in [-0.15, -0.1) is 0 Å². The third-order valence-corrected chi connectivity index (χ3v) is 3.41. The molecule has 0 saturated carbocycles. The summed E-state index contributed by atoms with van der Waals surface area (Å²) in [5.74, 6) is -0.153. The Labute approximate surface area is 116 Å². The van der Waals surface area contributed by atoms with Gasteiger partial charge in [-0.3, -0.25) is 4.98 Å². The minimum Gasteiger partial charge on any atom is -0.490 e. The fraction of sp³-hybridized carbons (Fsp3) is 0.333. The van der Waals surface area contributed by atoms with Gasteiger partial charge in [0.15, 0.2) is 6.10 Å². The van der Waals surface area contributed by atoms with Gasteiger partial charge < -0.3 is 14.6 Å². The number of rotatable bonds is 4. The van der Waals surface area contributed by atoms with Crippen LogP contribution in [0.2, 0.25) is 0 Å². The summed E-state index contributed by atoms with van der Waals surface area (Å²) in [7, 11) is 0. The molecule has 1 aliphatic rings. The first-order chi connectivity index (χ1) is 9.74. The number of hydrogen-bond acceptors (Lipinski definition) is 4. The van der Waals surface area contributed by atoms with E-state index < -0.39 is 12.1 Å². The van der Waals surface area contributed by atoms with Crippen molar-refractivity contribution in [1.82, 2.24) is 4.98 Å². The molecule has 2 heterocycles. The molecule has 0 bridgehead atoms. The summed E-state index contributed by atoms with van der Waals surface area (Å²) >= 11 is 0. The van der Waals surface area contributed by atoms with Crippen molar-refractivity contribution in [3.8, 4) is 5.75 Å². The third kappa shape index (κ3) is 2.58. The highest BCUT2D eigenvalue weighted by atomic mass is 16.6. The molecule has 20 heavy (non-hydrogen) atoms. The molecule has 1 fully saturated rings. The normalized spacial score (nSPS) is 22.0. The van der Waals surface area contributed by atoms with Crippen LogP contribution < -0.4 is 4.74 Å². The maximum atomic E-state index is 10.8. The Balaban J connectivity index is 1.67. The minimum atomic E-state index is -0.901. The van der Waals surface area contributed by atoms with Crippen molar-refractivity contribution in [3.05, 3.63) is 36.5 Å². The molecule has 104 valence electrons. The smallest absolute Gasteiger partial charge is 0.332 e. The molecule has 0 amide bonds. The Kier molecular flexibility index (Phi) is 3.52. The fourth-order valence-corrected chi connectivity index (χ4v) is 2.39. The zero-order valence-electron chi connectivity index (χ0n) is 10.9. The Bertz CT molecular complexity index is 623. The molecule has 1 aromatic carbocycles. The van der Waals surface area contributed by atoms with Crippen molar-refractivity contribution in [2.45, 2.75) is 25.0 Å². The topological polar surface area (TPSA) is 68.7 Å². The van der Waals surface area contributed by atoms with E-state index in [-0.39, 0.29) is 6.10 Å². The molecule has 0 aliphatic carbocycles. The van der Waals surface area contributed by atoms with E-state index in [1.165, 1.54) is 0 Å². The van der Waals surface area contributed by atoms with Crippen LogP contribution in [-0.2, 0) is 9.53 Å². The molecule has 1 saturated heterocycles. The monoisotopic (exact) mass is 273 g/mol. The molecule has 2 unspecified atom stereocenters. The maximum Gasteiger partial charge on any atom is 0.332 e. The molecule has 2 atom stereocenters. The number of benzene rings is 1. The number of aliphatic carboxylic acids is 1. The molecule has 1 aromatic heterocycles. The molecule has 0 spiro atoms. The Hall–Kier alpha value is -2.14. The lowest BCUT2D eigenvalue weighted by atomic mass is 10.2. The first-order valence-corrected chi connectivity index (χ1v) is 6.59. The number of nitrogens with zero attached hydrogens (tertiary/aromatic N) is 1. The van der Waals surface area contributed by atoms with Crippen molar-refractivity contribution in [3.63, 3.8) is 0 Å². The molecule has 0 radical (unpaired) electrons. The van der Waals surface area contributed by atoms with Gasteiger partial charge in [-0.25, -0.2) is 4.79 Å². The van der Waals surface area contributed by atoms with E-state index in [0.29, 0.717) is 19.4 Å². The summed E-state index contributed by atoms with van der Waals surface area (Å²) in [4.78, 5) is 15.1. The van der Waals surface area contributed by atoms with E-state index in [1.807, 2.05) is 30.3 Å². The largest absolute Gasteiger partial charge is 0.490 e. The van der Waals surface area contributed by atoms with Gasteiger partial charge in [0.2, 0.25) is 0 Å². The molecular formula is C15H15NO4. The highest BCUT2D eigenvalue weighted by molar-refractivity contribution is 5.84. The first-order valence-electron chi connectivity index (χ1n) is 6.59. The lowest BCUT2D eigenvalue weighted by Crippen LogP contribution is -2.23. The highest BCUT2D eigenvalue weighted by Gasteiger charge is 2.30. The van der Waals surface area contributed by atoms with Gasteiger partial charge in [0.25, 0.3) is 0 Å². The molecule has 2 aromatic rings.